The predicted molar refractivity (Wildman–Crippen MR) is 163 cm³/mol. The second-order valence-corrected chi connectivity index (χ2v) is 12.6. The number of amides is 1. The molecule has 0 spiro atoms. The summed E-state index contributed by atoms with van der Waals surface area (Å²) < 4.78 is 34.5. The number of esters is 1. The minimum atomic E-state index is -1.43. The Kier molecular flexibility index (Phi) is 9.89. The number of nitriles is 1. The van der Waals surface area contributed by atoms with E-state index in [0.29, 0.717) is 36.9 Å². The first-order valence-corrected chi connectivity index (χ1v) is 14.6. The number of rotatable bonds is 9. The van der Waals surface area contributed by atoms with Crippen LogP contribution in [0.15, 0.2) is 66.7 Å². The molecule has 0 bridgehead atoms. The largest absolute Gasteiger partial charge is 0.469 e. The van der Waals surface area contributed by atoms with Crippen LogP contribution in [0.3, 0.4) is 0 Å². The van der Waals surface area contributed by atoms with E-state index < -0.39 is 41.0 Å². The van der Waals surface area contributed by atoms with Crippen LogP contribution in [0, 0.1) is 28.4 Å². The minimum Gasteiger partial charge on any atom is -0.469 e. The summed E-state index contributed by atoms with van der Waals surface area (Å²) in [5.41, 5.74) is 0.421. The van der Waals surface area contributed by atoms with Gasteiger partial charge >= 0.3 is 5.97 Å². The van der Waals surface area contributed by atoms with Gasteiger partial charge in [0.05, 0.1) is 24.2 Å². The summed E-state index contributed by atoms with van der Waals surface area (Å²) in [5.74, 6) is -2.88. The average Bonchev–Trinajstić information content (AvgIpc) is 3.28. The highest BCUT2D eigenvalue weighted by Crippen LogP contribution is 2.52. The fourth-order valence-corrected chi connectivity index (χ4v) is 6.18. The molecule has 43 heavy (non-hydrogen) atoms. The summed E-state index contributed by atoms with van der Waals surface area (Å²) >= 11 is 6.22. The zero-order chi connectivity index (χ0) is 31.4. The van der Waals surface area contributed by atoms with Gasteiger partial charge in [0, 0.05) is 24.1 Å². The first kappa shape index (κ1) is 32.1. The number of hydrogen-bond donors (Lipinski definition) is 2. The second kappa shape index (κ2) is 13.2. The third-order valence-corrected chi connectivity index (χ3v) is 8.26. The number of benzene rings is 3. The van der Waals surface area contributed by atoms with Gasteiger partial charge < -0.3 is 15.4 Å². The van der Waals surface area contributed by atoms with Gasteiger partial charge in [-0.15, -0.1) is 0 Å². The number of ether oxygens (including phenoxy) is 1. The maximum Gasteiger partial charge on any atom is 0.305 e. The fraction of sp³-hybridized carbons (Fsp3) is 0.382. The van der Waals surface area contributed by atoms with Gasteiger partial charge in [0.1, 0.15) is 17.0 Å². The zero-order valence-electron chi connectivity index (χ0n) is 24.7. The molecule has 1 amide bonds. The number of halogens is 3. The van der Waals surface area contributed by atoms with E-state index in [2.05, 4.69) is 21.4 Å². The monoisotopic (exact) mass is 607 g/mol. The minimum absolute atomic E-state index is 0.121. The van der Waals surface area contributed by atoms with Crippen LogP contribution < -0.4 is 10.6 Å². The molecule has 9 heteroatoms. The molecule has 1 aliphatic heterocycles. The highest BCUT2D eigenvalue weighted by Gasteiger charge is 2.60. The predicted octanol–water partition coefficient (Wildman–Crippen LogP) is 7.07. The van der Waals surface area contributed by atoms with Crippen LogP contribution in [0.2, 0.25) is 5.02 Å². The highest BCUT2D eigenvalue weighted by molar-refractivity contribution is 6.30. The van der Waals surface area contributed by atoms with Crippen molar-refractivity contribution >= 4 is 29.2 Å². The highest BCUT2D eigenvalue weighted by atomic mass is 35.5. The van der Waals surface area contributed by atoms with E-state index in [1.54, 1.807) is 24.3 Å². The molecule has 0 aromatic heterocycles. The van der Waals surface area contributed by atoms with Gasteiger partial charge in [-0.05, 0) is 71.7 Å². The van der Waals surface area contributed by atoms with Crippen LogP contribution in [0.25, 0.3) is 0 Å². The van der Waals surface area contributed by atoms with E-state index in [0.717, 1.165) is 5.56 Å². The number of anilines is 1. The Bertz CT molecular complexity index is 1500. The molecule has 0 aliphatic carbocycles. The first-order chi connectivity index (χ1) is 20.4. The van der Waals surface area contributed by atoms with E-state index in [-0.39, 0.29) is 22.0 Å². The SMILES string of the molecule is COC(=O)CCCc1ccc(NC(=O)[C@@H]2N[C@@H](CC(C)(C)C)[C@](C#N)(c3ccc(F)cc3)[C@H]2c2cccc(Cl)c2F)cc1. The zero-order valence-corrected chi connectivity index (χ0v) is 25.5. The number of methoxy groups -OCH3 is 1. The van der Waals surface area contributed by atoms with Gasteiger partial charge in [0.2, 0.25) is 5.91 Å². The van der Waals surface area contributed by atoms with Gasteiger partial charge in [0.25, 0.3) is 0 Å². The molecule has 1 aliphatic rings. The number of carbonyl (C=O) groups is 2. The second-order valence-electron chi connectivity index (χ2n) is 12.2. The maximum atomic E-state index is 15.8. The fourth-order valence-electron chi connectivity index (χ4n) is 6.00. The quantitative estimate of drug-likeness (QED) is 0.254. The molecule has 0 saturated carbocycles. The van der Waals surface area contributed by atoms with Crippen molar-refractivity contribution in [3.63, 3.8) is 0 Å². The van der Waals surface area contributed by atoms with Crippen LogP contribution in [-0.4, -0.2) is 31.1 Å². The van der Waals surface area contributed by atoms with E-state index in [1.807, 2.05) is 32.9 Å². The van der Waals surface area contributed by atoms with Crippen LogP contribution in [0.4, 0.5) is 14.5 Å². The van der Waals surface area contributed by atoms with E-state index >= 15 is 4.39 Å². The van der Waals surface area contributed by atoms with Crippen molar-refractivity contribution in [1.82, 2.24) is 5.32 Å². The number of hydrogen-bond acceptors (Lipinski definition) is 5. The average molecular weight is 608 g/mol. The number of carbonyl (C=O) groups excluding carboxylic acids is 2. The van der Waals surface area contributed by atoms with Gasteiger partial charge in [-0.25, -0.2) is 8.78 Å². The Morgan fingerprint density at radius 2 is 1.74 bits per heavy atom. The molecule has 226 valence electrons. The molecule has 6 nitrogen and oxygen atoms in total. The maximum absolute atomic E-state index is 15.8. The van der Waals surface area contributed by atoms with Gasteiger partial charge in [0.15, 0.2) is 0 Å². The van der Waals surface area contributed by atoms with Crippen LogP contribution in [-0.2, 0) is 26.2 Å². The molecule has 4 rings (SSSR count). The molecule has 4 atom stereocenters. The summed E-state index contributed by atoms with van der Waals surface area (Å²) in [6, 6.07) is 18.3. The molecule has 3 aromatic rings. The smallest absolute Gasteiger partial charge is 0.305 e. The van der Waals surface area contributed by atoms with Crippen molar-refractivity contribution in [3.05, 3.63) is 100 Å². The summed E-state index contributed by atoms with van der Waals surface area (Å²) in [5, 5.41) is 17.1. The van der Waals surface area contributed by atoms with Crippen molar-refractivity contribution in [3.8, 4) is 6.07 Å². The third-order valence-electron chi connectivity index (χ3n) is 7.97. The Morgan fingerprint density at radius 3 is 2.35 bits per heavy atom. The topological polar surface area (TPSA) is 91.2 Å². The Balaban J connectivity index is 1.74. The van der Waals surface area contributed by atoms with E-state index in [9.17, 15) is 19.2 Å². The lowest BCUT2D eigenvalue weighted by atomic mass is 9.63. The Hall–Kier alpha value is -3.80. The van der Waals surface area contributed by atoms with Gasteiger partial charge in [-0.3, -0.25) is 9.59 Å². The summed E-state index contributed by atoms with van der Waals surface area (Å²) in [7, 11) is 1.36. The van der Waals surface area contributed by atoms with Gasteiger partial charge in [-0.2, -0.15) is 5.26 Å². The van der Waals surface area contributed by atoms with Crippen molar-refractivity contribution < 1.29 is 23.1 Å². The molecule has 3 aromatic carbocycles. The number of nitrogens with one attached hydrogen (secondary N) is 2. The Labute approximate surface area is 256 Å². The molecule has 1 fully saturated rings. The van der Waals surface area contributed by atoms with Crippen LogP contribution >= 0.6 is 11.6 Å². The lowest BCUT2D eigenvalue weighted by molar-refractivity contribution is -0.140. The normalized spacial score (nSPS) is 21.7. The third kappa shape index (κ3) is 7.06. The molecule has 0 radical (unpaired) electrons. The Morgan fingerprint density at radius 1 is 1.07 bits per heavy atom. The molecular weight excluding hydrogens is 572 g/mol. The van der Waals surface area contributed by atoms with Crippen LogP contribution in [0.1, 0.15) is 62.6 Å². The van der Waals surface area contributed by atoms with E-state index in [1.165, 1.54) is 37.4 Å². The lowest BCUT2D eigenvalue weighted by Gasteiger charge is -2.37. The lowest BCUT2D eigenvalue weighted by Crippen LogP contribution is -2.44. The summed E-state index contributed by atoms with van der Waals surface area (Å²) in [6.07, 6.45) is 2.08. The molecule has 0 unspecified atom stereocenters. The van der Waals surface area contributed by atoms with E-state index in [4.69, 9.17) is 11.6 Å². The van der Waals surface area contributed by atoms with Gasteiger partial charge in [-0.1, -0.05) is 68.8 Å². The number of aryl methyl sites for hydroxylation is 1. The molecular formula is C34H36ClF2N3O3. The molecule has 1 heterocycles. The molecule has 2 N–H and O–H groups in total. The summed E-state index contributed by atoms with van der Waals surface area (Å²) in [6.45, 7) is 6.07. The summed E-state index contributed by atoms with van der Waals surface area (Å²) in [4.78, 5) is 25.4. The molecule has 1 saturated heterocycles. The van der Waals surface area contributed by atoms with Crippen molar-refractivity contribution in [2.75, 3.05) is 12.4 Å². The van der Waals surface area contributed by atoms with Crippen LogP contribution in [0.5, 0.6) is 0 Å². The van der Waals surface area contributed by atoms with Crippen molar-refractivity contribution in [2.24, 2.45) is 5.41 Å². The van der Waals surface area contributed by atoms with Crippen molar-refractivity contribution in [1.29, 1.82) is 5.26 Å². The van der Waals surface area contributed by atoms with Crippen molar-refractivity contribution in [2.45, 2.75) is 69.9 Å². The standard InChI is InChI=1S/C34H36ClF2N3O3/c1-33(2,3)19-27-34(20-38,22-13-15-23(36)16-14-22)29(25-8-6-9-26(35)30(25)37)31(40-27)32(42)39-24-17-11-21(12-18-24)7-5-10-28(41)43-4/h6,8-9,11-18,27,29,31,40H,5,7,10,19H2,1-4H3,(H,39,42)/t27-,29-,31+,34-/m0/s1. The first-order valence-electron chi connectivity index (χ1n) is 14.2. The number of nitrogens with zero attached hydrogens (tertiary/aromatic N) is 1.